The smallest absolute Gasteiger partial charge is 0.319 e. The molecule has 5 aliphatic rings. The summed E-state index contributed by atoms with van der Waals surface area (Å²) in [6.07, 6.45) is 10.6. The lowest BCUT2D eigenvalue weighted by Gasteiger charge is -2.34. The van der Waals surface area contributed by atoms with Crippen LogP contribution in [0.3, 0.4) is 0 Å². The third-order valence-electron chi connectivity index (χ3n) is 11.3. The molecule has 6 nitrogen and oxygen atoms in total. The van der Waals surface area contributed by atoms with E-state index in [9.17, 15) is 13.2 Å². The first kappa shape index (κ1) is 31.3. The number of aromatic nitrogens is 2. The molecule has 0 amide bonds. The van der Waals surface area contributed by atoms with Crippen molar-refractivity contribution in [3.05, 3.63) is 59.9 Å². The molecule has 2 aliphatic carbocycles. The van der Waals surface area contributed by atoms with Gasteiger partial charge in [-0.15, -0.1) is 6.42 Å². The van der Waals surface area contributed by atoms with E-state index in [0.29, 0.717) is 67.7 Å². The minimum Gasteiger partial charge on any atom is -0.463 e. The van der Waals surface area contributed by atoms with E-state index in [2.05, 4.69) is 21.0 Å². The number of benzene rings is 3. The highest BCUT2D eigenvalue weighted by Crippen LogP contribution is 2.65. The van der Waals surface area contributed by atoms with Crippen molar-refractivity contribution in [1.82, 2.24) is 20.2 Å². The molecule has 3 atom stereocenters. The average molecular weight is 658 g/mol. The molecule has 3 aliphatic heterocycles. The Labute approximate surface area is 277 Å². The van der Waals surface area contributed by atoms with Crippen molar-refractivity contribution in [2.45, 2.75) is 56.5 Å². The van der Waals surface area contributed by atoms with Gasteiger partial charge in [0.2, 0.25) is 0 Å². The Morgan fingerprint density at radius 3 is 2.38 bits per heavy atom. The summed E-state index contributed by atoms with van der Waals surface area (Å²) in [4.78, 5) is 14.0. The molecule has 1 aromatic heterocycles. The summed E-state index contributed by atoms with van der Waals surface area (Å²) in [6, 6.07) is 16.2. The molecule has 0 radical (unpaired) electrons. The van der Waals surface area contributed by atoms with Crippen molar-refractivity contribution >= 4 is 27.5 Å². The van der Waals surface area contributed by atoms with Gasteiger partial charge >= 0.3 is 6.01 Å². The largest absolute Gasteiger partial charge is 0.463 e. The second kappa shape index (κ2) is 11.6. The third kappa shape index (κ3) is 5.26. The van der Waals surface area contributed by atoms with Gasteiger partial charge in [0.05, 0.1) is 19.2 Å². The van der Waals surface area contributed by atoms with Gasteiger partial charge in [0, 0.05) is 72.0 Å². The molecule has 3 unspecified atom stereocenters. The fourth-order valence-electron chi connectivity index (χ4n) is 8.43. The molecule has 3 saturated heterocycles. The minimum atomic E-state index is -2.52. The number of halogens is 4. The number of nitrogens with one attached hydrogen (secondary N) is 1. The van der Waals surface area contributed by atoms with Gasteiger partial charge in [0.15, 0.2) is 5.82 Å². The van der Waals surface area contributed by atoms with Crippen LogP contribution in [0, 0.1) is 29.0 Å². The van der Waals surface area contributed by atoms with Gasteiger partial charge < -0.3 is 19.9 Å². The molecular weight excluding hydrogens is 618 g/mol. The molecule has 48 heavy (non-hydrogen) atoms. The predicted octanol–water partition coefficient (Wildman–Crippen LogP) is 6.99. The summed E-state index contributed by atoms with van der Waals surface area (Å²) >= 11 is 0. The molecule has 1 spiro atoms. The Kier molecular flexibility index (Phi) is 7.57. The number of hydrogen-bond acceptors (Lipinski definition) is 6. The summed E-state index contributed by atoms with van der Waals surface area (Å²) in [6.45, 7) is 3.82. The van der Waals surface area contributed by atoms with E-state index in [-0.39, 0.29) is 23.4 Å². The van der Waals surface area contributed by atoms with E-state index in [0.717, 1.165) is 61.7 Å². The normalized spacial score (nSPS) is 26.4. The van der Waals surface area contributed by atoms with Crippen LogP contribution in [0.2, 0.25) is 0 Å². The Bertz CT molecular complexity index is 1920. The summed E-state index contributed by atoms with van der Waals surface area (Å²) in [5, 5.41) is 6.10. The molecule has 10 heteroatoms. The van der Waals surface area contributed by atoms with E-state index in [1.165, 1.54) is 0 Å². The van der Waals surface area contributed by atoms with E-state index in [4.69, 9.17) is 21.1 Å². The van der Waals surface area contributed by atoms with Crippen LogP contribution >= 0.6 is 0 Å². The molecular formula is C38H39F4N5O. The molecule has 4 aromatic rings. The lowest BCUT2D eigenvalue weighted by Crippen LogP contribution is -2.51. The average Bonchev–Trinajstić information content (AvgIpc) is 3.86. The van der Waals surface area contributed by atoms with Crippen LogP contribution in [0.5, 0.6) is 6.01 Å². The first-order valence-corrected chi connectivity index (χ1v) is 16.9. The first-order valence-electron chi connectivity index (χ1n) is 16.9. The van der Waals surface area contributed by atoms with Crippen LogP contribution in [-0.4, -0.2) is 79.4 Å². The maximum Gasteiger partial charge on any atom is 0.319 e. The highest BCUT2D eigenvalue weighted by molar-refractivity contribution is 6.03. The molecule has 1 N–H and O–H groups in total. The van der Waals surface area contributed by atoms with Gasteiger partial charge in [0.25, 0.3) is 5.92 Å². The van der Waals surface area contributed by atoms with Crippen molar-refractivity contribution in [3.63, 3.8) is 0 Å². The van der Waals surface area contributed by atoms with E-state index >= 15 is 4.39 Å². The quantitative estimate of drug-likeness (QED) is 0.171. The van der Waals surface area contributed by atoms with E-state index < -0.39 is 17.2 Å². The predicted molar refractivity (Wildman–Crippen MR) is 180 cm³/mol. The first-order chi connectivity index (χ1) is 23.3. The molecule has 9 rings (SSSR count). The van der Waals surface area contributed by atoms with Gasteiger partial charge in [-0.2, -0.15) is 9.97 Å². The Hall–Kier alpha value is -3.94. The standard InChI is InChI=1S/C37H36F3N5O.CH3F/c1-2-23-5-3-6-24-7-4-8-27(30(23)24)28-11-12-29-32(31(28)38)42-34(43-33(29)45-17-25-9-10-26(18-45)41-25)46-22-35(13-14-35)20-44-16-15-36(21-44)19-37(36,39)40;1-2/h1,3-8,11-12,25-26,41H,9-10,13-22H2;1H3. The monoisotopic (exact) mass is 657 g/mol. The van der Waals surface area contributed by atoms with Crippen molar-refractivity contribution in [2.75, 3.05) is 51.4 Å². The van der Waals surface area contributed by atoms with Crippen molar-refractivity contribution in [1.29, 1.82) is 0 Å². The topological polar surface area (TPSA) is 53.5 Å². The second-order valence-corrected chi connectivity index (χ2v) is 14.5. The van der Waals surface area contributed by atoms with Crippen LogP contribution in [-0.2, 0) is 0 Å². The van der Waals surface area contributed by atoms with Gasteiger partial charge in [-0.25, -0.2) is 13.2 Å². The number of piperazine rings is 1. The van der Waals surface area contributed by atoms with Crippen molar-refractivity contribution < 1.29 is 22.3 Å². The maximum atomic E-state index is 16.8. The molecule has 2 bridgehead atoms. The Balaban J connectivity index is 0.00000165. The van der Waals surface area contributed by atoms with Crippen molar-refractivity contribution in [2.24, 2.45) is 10.8 Å². The minimum absolute atomic E-state index is 0.0117. The zero-order valence-electron chi connectivity index (χ0n) is 27.0. The van der Waals surface area contributed by atoms with Gasteiger partial charge in [-0.05, 0) is 61.7 Å². The van der Waals surface area contributed by atoms with E-state index in [1.54, 1.807) is 0 Å². The number of likely N-dealkylation sites (tertiary alicyclic amines) is 1. The Morgan fingerprint density at radius 2 is 1.71 bits per heavy atom. The number of anilines is 1. The summed E-state index contributed by atoms with van der Waals surface area (Å²) in [5.41, 5.74) is 1.15. The lowest BCUT2D eigenvalue weighted by molar-refractivity contribution is 0.0644. The number of rotatable bonds is 7. The van der Waals surface area contributed by atoms with Gasteiger partial charge in [-0.3, -0.25) is 4.39 Å². The highest BCUT2D eigenvalue weighted by atomic mass is 19.3. The van der Waals surface area contributed by atoms with Crippen LogP contribution in [0.15, 0.2) is 48.5 Å². The van der Waals surface area contributed by atoms with Crippen LogP contribution in [0.25, 0.3) is 32.8 Å². The zero-order valence-corrected chi connectivity index (χ0v) is 27.0. The van der Waals surface area contributed by atoms with Crippen LogP contribution in [0.4, 0.5) is 23.4 Å². The molecule has 5 fully saturated rings. The van der Waals surface area contributed by atoms with Crippen molar-refractivity contribution in [3.8, 4) is 29.5 Å². The molecule has 2 saturated carbocycles. The highest BCUT2D eigenvalue weighted by Gasteiger charge is 2.72. The number of fused-ring (bicyclic) bond motifs is 4. The zero-order chi connectivity index (χ0) is 33.3. The molecule has 3 aromatic carbocycles. The second-order valence-electron chi connectivity index (χ2n) is 14.5. The number of ether oxygens (including phenoxy) is 1. The number of alkyl halides is 3. The van der Waals surface area contributed by atoms with E-state index in [1.807, 2.05) is 48.5 Å². The van der Waals surface area contributed by atoms with Crippen LogP contribution < -0.4 is 15.0 Å². The third-order valence-corrected chi connectivity index (χ3v) is 11.3. The van der Waals surface area contributed by atoms with Gasteiger partial charge in [-0.1, -0.05) is 42.3 Å². The molecule has 250 valence electrons. The lowest BCUT2D eigenvalue weighted by atomic mass is 9.94. The summed E-state index contributed by atoms with van der Waals surface area (Å²) < 4.78 is 60.7. The fourth-order valence-corrected chi connectivity index (χ4v) is 8.43. The number of terminal acetylenes is 1. The summed E-state index contributed by atoms with van der Waals surface area (Å²) in [7, 11) is 0.500. The Morgan fingerprint density at radius 1 is 0.979 bits per heavy atom. The molecule has 4 heterocycles. The fraction of sp³-hybridized carbons (Fsp3) is 0.474. The number of nitrogens with zero attached hydrogens (tertiary/aromatic N) is 4. The van der Waals surface area contributed by atoms with Gasteiger partial charge in [0.1, 0.15) is 11.3 Å². The summed E-state index contributed by atoms with van der Waals surface area (Å²) in [5.74, 6) is 0.498. The number of hydrogen-bond donors (Lipinski definition) is 1. The maximum absolute atomic E-state index is 16.8. The SMILES string of the molecule is C#Cc1cccc2cccc(-c3ccc4c(N5CC6CCC(C5)N6)nc(OCC5(CN6CCC7(C6)CC7(F)F)CC5)nc4c3F)c12.CF. The van der Waals surface area contributed by atoms with Crippen LogP contribution in [0.1, 0.15) is 44.1 Å².